The molecular formula is C56H58F2O8. The number of unbranched alkanes of at least 4 members (excludes halogenated alkanes) is 12. The molecule has 0 aliphatic heterocycles. The van der Waals surface area contributed by atoms with Gasteiger partial charge in [-0.1, -0.05) is 127 Å². The molecule has 0 heterocycles. The molecule has 0 aliphatic rings. The summed E-state index contributed by atoms with van der Waals surface area (Å²) < 4.78 is 52.1. The smallest absolute Gasteiger partial charge is 0.346 e. The number of benzene rings is 6. The molecule has 0 bridgehead atoms. The molecule has 0 amide bonds. The second-order valence-electron chi connectivity index (χ2n) is 16.6. The van der Waals surface area contributed by atoms with Crippen LogP contribution in [0.2, 0.25) is 0 Å². The highest BCUT2D eigenvalue weighted by atomic mass is 19.1. The third kappa shape index (κ3) is 14.7. The fourth-order valence-corrected chi connectivity index (χ4v) is 7.62. The van der Waals surface area contributed by atoms with Crippen LogP contribution >= 0.6 is 0 Å². The quantitative estimate of drug-likeness (QED) is 0.0336. The van der Waals surface area contributed by atoms with Gasteiger partial charge in [-0.25, -0.2) is 28.0 Å². The highest BCUT2D eigenvalue weighted by molar-refractivity contribution is 5.95. The largest absolute Gasteiger partial charge is 0.423 e. The third-order valence-corrected chi connectivity index (χ3v) is 11.5. The second-order valence-corrected chi connectivity index (χ2v) is 16.6. The summed E-state index contributed by atoms with van der Waals surface area (Å²) in [5.74, 6) is -5.14. The van der Waals surface area contributed by atoms with E-state index in [2.05, 4.69) is 13.8 Å². The number of rotatable bonds is 24. The maximum absolute atomic E-state index is 15.2. The van der Waals surface area contributed by atoms with E-state index >= 15 is 8.78 Å². The van der Waals surface area contributed by atoms with E-state index in [1.54, 1.807) is 36.4 Å². The molecule has 0 unspecified atom stereocenters. The van der Waals surface area contributed by atoms with E-state index in [0.29, 0.717) is 21.9 Å². The lowest BCUT2D eigenvalue weighted by Crippen LogP contribution is -2.12. The van der Waals surface area contributed by atoms with Crippen LogP contribution in [-0.2, 0) is 12.8 Å². The Morgan fingerprint density at radius 1 is 0.364 bits per heavy atom. The number of esters is 4. The maximum Gasteiger partial charge on any atom is 0.346 e. The SMILES string of the molecule is CCCCCCCCCc1ccc(C(=O)Oc2ccc(C(=O)Oc3ccc4ccc(OC(=O)c5ccc(OC(=O)c6ccc(CCCCCCCCC)cc6)cc5F)cc4c3)c(F)c2)cc1. The number of carbonyl (C=O) groups excluding carboxylic acids is 4. The lowest BCUT2D eigenvalue weighted by Gasteiger charge is -2.10. The van der Waals surface area contributed by atoms with Gasteiger partial charge in [-0.3, -0.25) is 0 Å². The first-order valence-corrected chi connectivity index (χ1v) is 23.3. The average Bonchev–Trinajstić information content (AvgIpc) is 3.31. The van der Waals surface area contributed by atoms with Crippen LogP contribution in [0.25, 0.3) is 10.8 Å². The van der Waals surface area contributed by atoms with Crippen LogP contribution in [-0.4, -0.2) is 23.9 Å². The zero-order valence-corrected chi connectivity index (χ0v) is 37.9. The zero-order valence-electron chi connectivity index (χ0n) is 37.9. The van der Waals surface area contributed by atoms with Gasteiger partial charge in [0.25, 0.3) is 0 Å². The van der Waals surface area contributed by atoms with E-state index < -0.39 is 35.5 Å². The first kappa shape index (κ1) is 48.8. The number of hydrogen-bond donors (Lipinski definition) is 0. The number of fused-ring (bicyclic) bond motifs is 1. The minimum Gasteiger partial charge on any atom is -0.423 e. The fourth-order valence-electron chi connectivity index (χ4n) is 7.62. The van der Waals surface area contributed by atoms with Gasteiger partial charge in [0, 0.05) is 12.1 Å². The van der Waals surface area contributed by atoms with Gasteiger partial charge in [0.1, 0.15) is 34.6 Å². The van der Waals surface area contributed by atoms with Crippen LogP contribution in [0.5, 0.6) is 23.0 Å². The molecule has 0 saturated carbocycles. The molecule has 6 rings (SSSR count). The van der Waals surface area contributed by atoms with Crippen LogP contribution in [0.15, 0.2) is 121 Å². The highest BCUT2D eigenvalue weighted by Gasteiger charge is 2.20. The molecule has 8 nitrogen and oxygen atoms in total. The van der Waals surface area contributed by atoms with Gasteiger partial charge in [0.15, 0.2) is 0 Å². The molecule has 6 aromatic rings. The Bertz CT molecular complexity index is 2390. The predicted octanol–water partition coefficient (Wildman–Crippen LogP) is 14.6. The Labute approximate surface area is 386 Å². The van der Waals surface area contributed by atoms with Gasteiger partial charge in [-0.15, -0.1) is 0 Å². The van der Waals surface area contributed by atoms with Gasteiger partial charge in [0.2, 0.25) is 0 Å². The molecule has 0 N–H and O–H groups in total. The number of hydrogen-bond acceptors (Lipinski definition) is 8. The normalized spacial score (nSPS) is 11.0. The summed E-state index contributed by atoms with van der Waals surface area (Å²) in [4.78, 5) is 51.7. The fraction of sp³-hybridized carbons (Fsp3) is 0.321. The minimum atomic E-state index is -0.986. The molecule has 0 aromatic heterocycles. The van der Waals surface area contributed by atoms with E-state index in [4.69, 9.17) is 18.9 Å². The van der Waals surface area contributed by atoms with Crippen molar-refractivity contribution in [2.45, 2.75) is 117 Å². The molecule has 0 aliphatic carbocycles. The Hall–Kier alpha value is -6.68. The van der Waals surface area contributed by atoms with Crippen molar-refractivity contribution in [3.8, 4) is 23.0 Å². The van der Waals surface area contributed by atoms with Crippen molar-refractivity contribution in [3.63, 3.8) is 0 Å². The van der Waals surface area contributed by atoms with Crippen molar-refractivity contribution < 1.29 is 46.9 Å². The Morgan fingerprint density at radius 2 is 0.697 bits per heavy atom. The monoisotopic (exact) mass is 896 g/mol. The molecule has 10 heteroatoms. The van der Waals surface area contributed by atoms with E-state index in [0.717, 1.165) is 48.9 Å². The van der Waals surface area contributed by atoms with Crippen molar-refractivity contribution in [1.82, 2.24) is 0 Å². The first-order chi connectivity index (χ1) is 32.1. The van der Waals surface area contributed by atoms with Crippen LogP contribution in [0.1, 0.15) is 156 Å². The van der Waals surface area contributed by atoms with Gasteiger partial charge in [-0.05, 0) is 120 Å². The Morgan fingerprint density at radius 3 is 1.08 bits per heavy atom. The summed E-state index contributed by atoms with van der Waals surface area (Å²) in [6, 6.07) is 30.6. The molecule has 0 radical (unpaired) electrons. The predicted molar refractivity (Wildman–Crippen MR) is 253 cm³/mol. The first-order valence-electron chi connectivity index (χ1n) is 23.3. The molecule has 0 fully saturated rings. The molecule has 344 valence electrons. The Balaban J connectivity index is 0.980. The number of aryl methyl sites for hydroxylation is 2. The van der Waals surface area contributed by atoms with Crippen molar-refractivity contribution in [2.24, 2.45) is 0 Å². The average molecular weight is 897 g/mol. The topological polar surface area (TPSA) is 105 Å². The van der Waals surface area contributed by atoms with E-state index in [9.17, 15) is 19.2 Å². The number of halogens is 2. The standard InChI is InChI=1S/C56H58F2O8/c1-3-5-7-9-11-13-15-17-39-19-23-42(24-20-39)53(59)63-47-31-33-49(51(57)37-47)55(61)65-45-29-27-41-28-30-46(36-44(41)35-45)66-56(62)50-34-32-48(38-52(50)58)64-54(60)43-25-21-40(22-26-43)18-16-14-12-10-8-6-4-2/h19-38H,3-18H2,1-2H3. The summed E-state index contributed by atoms with van der Waals surface area (Å²) in [5.41, 5.74) is 2.15. The summed E-state index contributed by atoms with van der Waals surface area (Å²) in [7, 11) is 0. The number of carbonyl (C=O) groups is 4. The highest BCUT2D eigenvalue weighted by Crippen LogP contribution is 2.28. The molecule has 0 spiro atoms. The number of ether oxygens (including phenoxy) is 4. The zero-order chi connectivity index (χ0) is 46.7. The van der Waals surface area contributed by atoms with Gasteiger partial charge in [0.05, 0.1) is 22.3 Å². The minimum absolute atomic E-state index is 0.0708. The summed E-state index contributed by atoms with van der Waals surface area (Å²) in [6.45, 7) is 4.42. The molecule has 0 saturated heterocycles. The molecular weight excluding hydrogens is 839 g/mol. The van der Waals surface area contributed by atoms with Crippen molar-refractivity contribution in [3.05, 3.63) is 166 Å². The van der Waals surface area contributed by atoms with Crippen molar-refractivity contribution in [1.29, 1.82) is 0 Å². The van der Waals surface area contributed by atoms with E-state index in [1.807, 2.05) is 24.3 Å². The van der Waals surface area contributed by atoms with Crippen molar-refractivity contribution in [2.75, 3.05) is 0 Å². The van der Waals surface area contributed by atoms with Crippen LogP contribution < -0.4 is 18.9 Å². The molecule has 0 atom stereocenters. The Kier molecular flexibility index (Phi) is 18.6. The molecule has 6 aromatic carbocycles. The lowest BCUT2D eigenvalue weighted by atomic mass is 10.0. The summed E-state index contributed by atoms with van der Waals surface area (Å²) in [5, 5.41) is 1.21. The molecule has 66 heavy (non-hydrogen) atoms. The van der Waals surface area contributed by atoms with Crippen LogP contribution in [0.3, 0.4) is 0 Å². The van der Waals surface area contributed by atoms with Crippen molar-refractivity contribution >= 4 is 34.6 Å². The van der Waals surface area contributed by atoms with Crippen LogP contribution in [0.4, 0.5) is 8.78 Å². The summed E-state index contributed by atoms with van der Waals surface area (Å²) >= 11 is 0. The van der Waals surface area contributed by atoms with Crippen LogP contribution in [0, 0.1) is 11.6 Å². The van der Waals surface area contributed by atoms with E-state index in [1.165, 1.54) is 126 Å². The lowest BCUT2D eigenvalue weighted by molar-refractivity contribution is 0.0715. The van der Waals surface area contributed by atoms with E-state index in [-0.39, 0.29) is 34.1 Å². The maximum atomic E-state index is 15.2. The third-order valence-electron chi connectivity index (χ3n) is 11.5. The van der Waals surface area contributed by atoms with Gasteiger partial charge < -0.3 is 18.9 Å². The van der Waals surface area contributed by atoms with Gasteiger partial charge in [-0.2, -0.15) is 0 Å². The second kappa shape index (κ2) is 25.1. The summed E-state index contributed by atoms with van der Waals surface area (Å²) in [6.07, 6.45) is 19.0. The van der Waals surface area contributed by atoms with Gasteiger partial charge >= 0.3 is 23.9 Å².